The molecule has 96 valence electrons. The molecule has 4 heteroatoms. The molecule has 0 aliphatic rings. The fraction of sp³-hybridized carbons (Fsp3) is 0.133. The van der Waals surface area contributed by atoms with E-state index >= 15 is 0 Å². The maximum absolute atomic E-state index is 13.3. The molecule has 0 unspecified atom stereocenters. The third kappa shape index (κ3) is 2.50. The molecular weight excluding hydrogens is 241 g/mol. The minimum atomic E-state index is -0.300. The normalized spacial score (nSPS) is 9.95. The van der Waals surface area contributed by atoms with Gasteiger partial charge in [0.15, 0.2) is 0 Å². The average molecular weight is 255 g/mol. The van der Waals surface area contributed by atoms with E-state index in [0.29, 0.717) is 29.2 Å². The second-order valence-corrected chi connectivity index (χ2v) is 4.07. The molecule has 0 aliphatic heterocycles. The Hall–Kier alpha value is -2.54. The maximum Gasteiger partial charge on any atom is 0.125 e. The first-order valence-corrected chi connectivity index (χ1v) is 5.99. The highest BCUT2D eigenvalue weighted by Gasteiger charge is 2.13. The van der Waals surface area contributed by atoms with Crippen molar-refractivity contribution in [1.29, 1.82) is 5.26 Å². The fourth-order valence-electron chi connectivity index (χ4n) is 2.02. The summed E-state index contributed by atoms with van der Waals surface area (Å²) in [6, 6.07) is 13.6. The summed E-state index contributed by atoms with van der Waals surface area (Å²) >= 11 is 0. The van der Waals surface area contributed by atoms with Crippen molar-refractivity contribution in [3.05, 3.63) is 53.8 Å². The Morgan fingerprint density at radius 2 is 2.00 bits per heavy atom. The predicted molar refractivity (Wildman–Crippen MR) is 74.6 cm³/mol. The van der Waals surface area contributed by atoms with Crippen LogP contribution in [0.2, 0.25) is 0 Å². The number of hydrogen-bond acceptors (Lipinski definition) is 3. The van der Waals surface area contributed by atoms with Crippen LogP contribution in [-0.4, -0.2) is 6.54 Å². The highest BCUT2D eigenvalue weighted by Crippen LogP contribution is 2.32. The van der Waals surface area contributed by atoms with Crippen molar-refractivity contribution in [3.63, 3.8) is 0 Å². The van der Waals surface area contributed by atoms with E-state index in [1.807, 2.05) is 24.0 Å². The van der Waals surface area contributed by atoms with Gasteiger partial charge in [-0.2, -0.15) is 5.26 Å². The highest BCUT2D eigenvalue weighted by molar-refractivity contribution is 5.79. The van der Waals surface area contributed by atoms with Crippen LogP contribution < -0.4 is 10.6 Å². The van der Waals surface area contributed by atoms with Gasteiger partial charge >= 0.3 is 0 Å². The van der Waals surface area contributed by atoms with Crippen LogP contribution >= 0.6 is 0 Å². The summed E-state index contributed by atoms with van der Waals surface area (Å²) < 4.78 is 13.3. The Kier molecular flexibility index (Phi) is 3.67. The van der Waals surface area contributed by atoms with E-state index in [1.54, 1.807) is 18.2 Å². The smallest absolute Gasteiger partial charge is 0.125 e. The summed E-state index contributed by atoms with van der Waals surface area (Å²) in [6.45, 7) is 2.58. The second-order valence-electron chi connectivity index (χ2n) is 4.07. The molecule has 3 nitrogen and oxygen atoms in total. The molecule has 19 heavy (non-hydrogen) atoms. The van der Waals surface area contributed by atoms with Crippen molar-refractivity contribution in [1.82, 2.24) is 0 Å². The molecule has 0 fully saturated rings. The van der Waals surface area contributed by atoms with Gasteiger partial charge in [-0.05, 0) is 37.3 Å². The largest absolute Gasteiger partial charge is 0.396 e. The summed E-state index contributed by atoms with van der Waals surface area (Å²) in [5.74, 6) is -0.300. The van der Waals surface area contributed by atoms with Crippen LogP contribution in [0.4, 0.5) is 21.5 Å². The lowest BCUT2D eigenvalue weighted by Gasteiger charge is -2.25. The zero-order valence-corrected chi connectivity index (χ0v) is 10.6. The van der Waals surface area contributed by atoms with Crippen LogP contribution in [0.1, 0.15) is 12.5 Å². The lowest BCUT2D eigenvalue weighted by molar-refractivity contribution is 0.627. The van der Waals surface area contributed by atoms with Gasteiger partial charge in [0.2, 0.25) is 0 Å². The van der Waals surface area contributed by atoms with Gasteiger partial charge in [-0.15, -0.1) is 0 Å². The van der Waals surface area contributed by atoms with Crippen LogP contribution in [0.15, 0.2) is 42.5 Å². The Morgan fingerprint density at radius 1 is 1.26 bits per heavy atom. The van der Waals surface area contributed by atoms with Gasteiger partial charge in [0, 0.05) is 12.2 Å². The SMILES string of the molecule is CCN(c1cccc(F)c1)c1cccc(C#N)c1N. The Morgan fingerprint density at radius 3 is 2.63 bits per heavy atom. The second kappa shape index (κ2) is 5.40. The van der Waals surface area contributed by atoms with E-state index in [-0.39, 0.29) is 5.82 Å². The van der Waals surface area contributed by atoms with Gasteiger partial charge in [-0.3, -0.25) is 0 Å². The number of nitriles is 1. The zero-order valence-electron chi connectivity index (χ0n) is 10.6. The number of rotatable bonds is 3. The molecule has 2 rings (SSSR count). The molecule has 2 aromatic carbocycles. The molecule has 0 bridgehead atoms. The average Bonchev–Trinajstić information content (AvgIpc) is 2.41. The van der Waals surface area contributed by atoms with Crippen LogP contribution in [-0.2, 0) is 0 Å². The fourth-order valence-corrected chi connectivity index (χ4v) is 2.02. The summed E-state index contributed by atoms with van der Waals surface area (Å²) in [7, 11) is 0. The number of nitrogens with two attached hydrogens (primary N) is 1. The van der Waals surface area contributed by atoms with E-state index in [0.717, 1.165) is 0 Å². The van der Waals surface area contributed by atoms with E-state index in [9.17, 15) is 4.39 Å². The van der Waals surface area contributed by atoms with Crippen molar-refractivity contribution >= 4 is 17.1 Å². The van der Waals surface area contributed by atoms with Crippen molar-refractivity contribution in [2.75, 3.05) is 17.2 Å². The van der Waals surface area contributed by atoms with Gasteiger partial charge in [0.05, 0.1) is 16.9 Å². The molecule has 2 N–H and O–H groups in total. The lowest BCUT2D eigenvalue weighted by Crippen LogP contribution is -2.18. The third-order valence-corrected chi connectivity index (χ3v) is 2.93. The minimum Gasteiger partial charge on any atom is -0.396 e. The summed E-state index contributed by atoms with van der Waals surface area (Å²) in [6.07, 6.45) is 0. The van der Waals surface area contributed by atoms with Crippen molar-refractivity contribution in [3.8, 4) is 6.07 Å². The van der Waals surface area contributed by atoms with Crippen LogP contribution in [0.25, 0.3) is 0 Å². The summed E-state index contributed by atoms with van der Waals surface area (Å²) in [5.41, 5.74) is 8.25. The van der Waals surface area contributed by atoms with Crippen LogP contribution in [0.3, 0.4) is 0 Å². The number of anilines is 3. The van der Waals surface area contributed by atoms with E-state index < -0.39 is 0 Å². The van der Waals surface area contributed by atoms with Gasteiger partial charge < -0.3 is 10.6 Å². The Bertz CT molecular complexity index is 632. The molecule has 0 saturated carbocycles. The molecule has 0 amide bonds. The molecule has 0 aromatic heterocycles. The molecule has 2 aromatic rings. The molecule has 0 radical (unpaired) electrons. The summed E-state index contributed by atoms with van der Waals surface area (Å²) in [4.78, 5) is 1.87. The standard InChI is InChI=1S/C15H14FN3/c1-2-19(13-7-4-6-12(16)9-13)14-8-3-5-11(10-17)15(14)18/h3-9H,2,18H2,1H3. The van der Waals surface area contributed by atoms with Crippen molar-refractivity contribution < 1.29 is 4.39 Å². The quantitative estimate of drug-likeness (QED) is 0.855. The van der Waals surface area contributed by atoms with Crippen LogP contribution in [0, 0.1) is 17.1 Å². The van der Waals surface area contributed by atoms with E-state index in [2.05, 4.69) is 6.07 Å². The number of halogens is 1. The van der Waals surface area contributed by atoms with Gasteiger partial charge in [-0.1, -0.05) is 12.1 Å². The molecule has 0 spiro atoms. The van der Waals surface area contributed by atoms with Gasteiger partial charge in [0.25, 0.3) is 0 Å². The lowest BCUT2D eigenvalue weighted by atomic mass is 10.1. The first-order chi connectivity index (χ1) is 9.17. The van der Waals surface area contributed by atoms with E-state index in [1.165, 1.54) is 12.1 Å². The van der Waals surface area contributed by atoms with Crippen molar-refractivity contribution in [2.24, 2.45) is 0 Å². The van der Waals surface area contributed by atoms with Gasteiger partial charge in [-0.25, -0.2) is 4.39 Å². The molecule has 0 heterocycles. The Labute approximate surface area is 111 Å². The maximum atomic E-state index is 13.3. The van der Waals surface area contributed by atoms with Crippen molar-refractivity contribution in [2.45, 2.75) is 6.92 Å². The molecule has 0 atom stereocenters. The van der Waals surface area contributed by atoms with Crippen LogP contribution in [0.5, 0.6) is 0 Å². The number of nitrogens with zero attached hydrogens (tertiary/aromatic N) is 2. The number of hydrogen-bond donors (Lipinski definition) is 1. The number of nitrogen functional groups attached to an aromatic ring is 1. The van der Waals surface area contributed by atoms with Gasteiger partial charge in [0.1, 0.15) is 11.9 Å². The molecular formula is C15H14FN3. The minimum absolute atomic E-state index is 0.300. The topological polar surface area (TPSA) is 53.0 Å². The number of para-hydroxylation sites is 1. The highest BCUT2D eigenvalue weighted by atomic mass is 19.1. The monoisotopic (exact) mass is 255 g/mol. The molecule has 0 saturated heterocycles. The first-order valence-electron chi connectivity index (χ1n) is 5.99. The first kappa shape index (κ1) is 12.9. The molecule has 0 aliphatic carbocycles. The Balaban J connectivity index is 2.52. The zero-order chi connectivity index (χ0) is 13.8. The number of benzene rings is 2. The predicted octanol–water partition coefficient (Wildman–Crippen LogP) is 3.44. The summed E-state index contributed by atoms with van der Waals surface area (Å²) in [5, 5.41) is 9.00. The third-order valence-electron chi connectivity index (χ3n) is 2.93. The van der Waals surface area contributed by atoms with E-state index in [4.69, 9.17) is 11.0 Å².